The molecular formula is C66H45N3S2. The average Bonchev–Trinajstić information content (AvgIpc) is 4.12. The number of allylic oxidation sites excluding steroid dienone is 6. The molecule has 10 aromatic carbocycles. The third-order valence-electron chi connectivity index (χ3n) is 15.1. The summed E-state index contributed by atoms with van der Waals surface area (Å²) in [5.74, 6) is 0.362. The van der Waals surface area contributed by atoms with Gasteiger partial charge in [-0.15, -0.1) is 23.1 Å². The van der Waals surface area contributed by atoms with Crippen molar-refractivity contribution >= 4 is 126 Å². The van der Waals surface area contributed by atoms with Gasteiger partial charge in [-0.1, -0.05) is 170 Å². The molecule has 0 fully saturated rings. The second kappa shape index (κ2) is 16.2. The van der Waals surface area contributed by atoms with E-state index < -0.39 is 0 Å². The summed E-state index contributed by atoms with van der Waals surface area (Å²) in [4.78, 5) is 6.56. The largest absolute Gasteiger partial charge is 0.312 e. The standard InChI is InChI=1S/C66H45N3S2/c1-3-21-44(22-4-1)67(55-33-17-31-53-49-27-13-15-35-61(49)70-65(53)55)57-40-59-63(51-29-11-9-25-47(51)57)64-52-30-12-10-26-48(52)58(41-60(64)69(59)46-38-37-42-19-7-8-20-43(42)39-46)68(45-23-5-2-6-24-45)56-34-18-32-54-50-28-14-16-36-62(50)71-66(54)56/h1-13,15-27,29-41,54,66H,14,28H2. The first kappa shape index (κ1) is 40.8. The summed E-state index contributed by atoms with van der Waals surface area (Å²) in [5, 5.41) is 12.7. The van der Waals surface area contributed by atoms with Crippen LogP contribution in [0.25, 0.3) is 80.0 Å². The highest BCUT2D eigenvalue weighted by molar-refractivity contribution is 8.04. The maximum absolute atomic E-state index is 2.59. The van der Waals surface area contributed by atoms with E-state index >= 15 is 0 Å². The highest BCUT2D eigenvalue weighted by Crippen LogP contribution is 2.55. The lowest BCUT2D eigenvalue weighted by atomic mass is 9.85. The molecule has 1 aliphatic heterocycles. The van der Waals surface area contributed by atoms with Crippen molar-refractivity contribution in [2.45, 2.75) is 18.1 Å². The van der Waals surface area contributed by atoms with Gasteiger partial charge in [-0.05, 0) is 107 Å². The summed E-state index contributed by atoms with van der Waals surface area (Å²) >= 11 is 3.92. The van der Waals surface area contributed by atoms with Crippen LogP contribution in [0, 0.1) is 5.92 Å². The second-order valence-corrected chi connectivity index (χ2v) is 21.2. The first-order valence-electron chi connectivity index (χ1n) is 24.7. The van der Waals surface area contributed by atoms with Crippen LogP contribution in [0.4, 0.5) is 28.4 Å². The van der Waals surface area contributed by atoms with Gasteiger partial charge in [0.2, 0.25) is 0 Å². The van der Waals surface area contributed by atoms with E-state index in [0.717, 1.165) is 41.1 Å². The molecule has 0 amide bonds. The van der Waals surface area contributed by atoms with Crippen LogP contribution >= 0.6 is 23.1 Å². The molecule has 0 spiro atoms. The Balaban J connectivity index is 1.07. The molecule has 71 heavy (non-hydrogen) atoms. The van der Waals surface area contributed by atoms with Gasteiger partial charge in [0, 0.05) is 70.6 Å². The van der Waals surface area contributed by atoms with E-state index in [9.17, 15) is 0 Å². The first-order chi connectivity index (χ1) is 35.2. The third-order valence-corrected chi connectivity index (χ3v) is 17.8. The molecule has 2 unspecified atom stereocenters. The van der Waals surface area contributed by atoms with Crippen LogP contribution in [-0.2, 0) is 0 Å². The number of fused-ring (bicyclic) bond motifs is 13. The van der Waals surface area contributed by atoms with Crippen molar-refractivity contribution in [3.63, 3.8) is 0 Å². The number of rotatable bonds is 7. The van der Waals surface area contributed by atoms with Crippen molar-refractivity contribution in [2.75, 3.05) is 9.80 Å². The zero-order chi connectivity index (χ0) is 46.6. The van der Waals surface area contributed by atoms with Crippen molar-refractivity contribution in [1.29, 1.82) is 0 Å². The Morgan fingerprint density at radius 2 is 1.10 bits per heavy atom. The Morgan fingerprint density at radius 3 is 1.83 bits per heavy atom. The number of thioether (sulfide) groups is 1. The zero-order valence-electron chi connectivity index (χ0n) is 38.7. The number of thiophene rings is 1. The van der Waals surface area contributed by atoms with Crippen LogP contribution in [0.3, 0.4) is 0 Å². The summed E-state index contributed by atoms with van der Waals surface area (Å²) in [5.41, 5.74) is 12.1. The molecule has 15 rings (SSSR count). The Morgan fingerprint density at radius 1 is 0.493 bits per heavy atom. The molecule has 0 radical (unpaired) electrons. The smallest absolute Gasteiger partial charge is 0.0640 e. The minimum Gasteiger partial charge on any atom is -0.312 e. The van der Waals surface area contributed by atoms with E-state index in [0.29, 0.717) is 5.92 Å². The van der Waals surface area contributed by atoms with Gasteiger partial charge in [0.15, 0.2) is 0 Å². The highest BCUT2D eigenvalue weighted by atomic mass is 32.2. The fraction of sp³-hybridized carbons (Fsp3) is 0.0606. The maximum atomic E-state index is 2.59. The molecule has 2 atom stereocenters. The number of anilines is 5. The fourth-order valence-corrected chi connectivity index (χ4v) is 14.8. The normalized spacial score (nSPS) is 16.5. The molecule has 0 saturated heterocycles. The van der Waals surface area contributed by atoms with Crippen LogP contribution in [-0.4, -0.2) is 9.82 Å². The predicted molar refractivity (Wildman–Crippen MR) is 307 cm³/mol. The van der Waals surface area contributed by atoms with Gasteiger partial charge in [0.1, 0.15) is 0 Å². The Bertz CT molecular complexity index is 4290. The predicted octanol–water partition coefficient (Wildman–Crippen LogP) is 19.0. The van der Waals surface area contributed by atoms with E-state index in [1.165, 1.54) is 90.8 Å². The molecule has 0 saturated carbocycles. The molecule has 336 valence electrons. The van der Waals surface area contributed by atoms with Gasteiger partial charge < -0.3 is 14.4 Å². The van der Waals surface area contributed by atoms with E-state index in [1.54, 1.807) is 5.57 Å². The molecule has 5 heteroatoms. The molecule has 2 aromatic heterocycles. The number of hydrogen-bond donors (Lipinski definition) is 0. The minimum absolute atomic E-state index is 0.259. The van der Waals surface area contributed by atoms with Crippen molar-refractivity contribution in [2.24, 2.45) is 5.92 Å². The SMILES string of the molecule is C1=CC2C3=C(C=CCC3)SC2C(N(c2ccccc2)c2cc3c(c4ccccc24)c2c4ccccc4c(N(c4ccccc4)c4cccc5c4sc4ccccc45)cc2n3-c2ccc3ccccc3c2)=C1. The number of para-hydroxylation sites is 2. The van der Waals surface area contributed by atoms with Gasteiger partial charge in [0.05, 0.1) is 38.0 Å². The molecule has 12 aromatic rings. The summed E-state index contributed by atoms with van der Waals surface area (Å²) in [7, 11) is 0. The van der Waals surface area contributed by atoms with Crippen LogP contribution in [0.2, 0.25) is 0 Å². The molecule has 2 aliphatic carbocycles. The van der Waals surface area contributed by atoms with Gasteiger partial charge in [-0.2, -0.15) is 0 Å². The minimum atomic E-state index is 0.259. The molecule has 3 nitrogen and oxygen atoms in total. The zero-order valence-corrected chi connectivity index (χ0v) is 40.4. The van der Waals surface area contributed by atoms with Crippen molar-refractivity contribution in [1.82, 2.24) is 4.57 Å². The van der Waals surface area contributed by atoms with E-state index in [2.05, 4.69) is 251 Å². The van der Waals surface area contributed by atoms with Crippen LogP contribution in [0.15, 0.2) is 253 Å². The first-order valence-corrected chi connectivity index (χ1v) is 26.4. The van der Waals surface area contributed by atoms with Gasteiger partial charge in [-0.25, -0.2) is 0 Å². The average molecular weight is 944 g/mol. The fourth-order valence-electron chi connectivity index (χ4n) is 12.1. The maximum Gasteiger partial charge on any atom is 0.0640 e. The summed E-state index contributed by atoms with van der Waals surface area (Å²) in [6.07, 6.45) is 14.1. The lowest BCUT2D eigenvalue weighted by Gasteiger charge is -2.35. The van der Waals surface area contributed by atoms with Crippen molar-refractivity contribution in [3.05, 3.63) is 253 Å². The van der Waals surface area contributed by atoms with Gasteiger partial charge in [0.25, 0.3) is 0 Å². The van der Waals surface area contributed by atoms with Crippen LogP contribution in [0.1, 0.15) is 12.8 Å². The van der Waals surface area contributed by atoms with Gasteiger partial charge >= 0.3 is 0 Å². The molecule has 0 bridgehead atoms. The van der Waals surface area contributed by atoms with Gasteiger partial charge in [-0.3, -0.25) is 0 Å². The summed E-state index contributed by atoms with van der Waals surface area (Å²) < 4.78 is 5.14. The second-order valence-electron chi connectivity index (χ2n) is 19.0. The number of nitrogens with zero attached hydrogens (tertiary/aromatic N) is 3. The van der Waals surface area contributed by atoms with Crippen molar-refractivity contribution < 1.29 is 0 Å². The van der Waals surface area contributed by atoms with Crippen LogP contribution < -0.4 is 9.80 Å². The van der Waals surface area contributed by atoms with Crippen molar-refractivity contribution in [3.8, 4) is 5.69 Å². The highest BCUT2D eigenvalue weighted by Gasteiger charge is 2.40. The quantitative estimate of drug-likeness (QED) is 0.158. The summed E-state index contributed by atoms with van der Waals surface area (Å²) in [6.45, 7) is 0. The monoisotopic (exact) mass is 943 g/mol. The Hall–Kier alpha value is -8.09. The Labute approximate surface area is 420 Å². The van der Waals surface area contributed by atoms with Crippen LogP contribution in [0.5, 0.6) is 0 Å². The van der Waals surface area contributed by atoms with E-state index in [4.69, 9.17) is 0 Å². The summed E-state index contributed by atoms with van der Waals surface area (Å²) in [6, 6.07) is 76.8. The number of benzene rings is 10. The molecule has 3 heterocycles. The third kappa shape index (κ3) is 6.29. The lowest BCUT2D eigenvalue weighted by molar-refractivity contribution is 0.709. The number of aromatic nitrogens is 1. The topological polar surface area (TPSA) is 11.4 Å². The molecule has 0 N–H and O–H groups in total. The molecule has 3 aliphatic rings. The lowest BCUT2D eigenvalue weighted by Crippen LogP contribution is -2.29. The number of hydrogen-bond acceptors (Lipinski definition) is 4. The van der Waals surface area contributed by atoms with E-state index in [1.807, 2.05) is 23.1 Å². The molecular weight excluding hydrogens is 899 g/mol. The van der Waals surface area contributed by atoms with E-state index in [-0.39, 0.29) is 5.25 Å². The Kier molecular flexibility index (Phi) is 9.33.